The van der Waals surface area contributed by atoms with Crippen LogP contribution in [0.1, 0.15) is 19.8 Å². The van der Waals surface area contributed by atoms with Gasteiger partial charge >= 0.3 is 0 Å². The second-order valence-electron chi connectivity index (χ2n) is 5.29. The van der Waals surface area contributed by atoms with Crippen LogP contribution in [0.25, 0.3) is 0 Å². The Hall–Kier alpha value is -1.44. The Balaban J connectivity index is 2.00. The first-order valence-corrected chi connectivity index (χ1v) is 8.76. The van der Waals surface area contributed by atoms with E-state index < -0.39 is 27.8 Å². The molecule has 6 nitrogen and oxygen atoms in total. The van der Waals surface area contributed by atoms with E-state index in [2.05, 4.69) is 10.0 Å². The summed E-state index contributed by atoms with van der Waals surface area (Å²) < 4.78 is 26.5. The number of carbonyl (C=O) groups is 2. The molecule has 1 unspecified atom stereocenters. The van der Waals surface area contributed by atoms with Crippen molar-refractivity contribution in [3.8, 4) is 0 Å². The SMILES string of the molecule is CC(NS(=O)(=O)c1ccccc1Cl)C(=O)C(=O)NCC1CC1. The molecule has 2 N–H and O–H groups in total. The lowest BCUT2D eigenvalue weighted by atomic mass is 10.2. The largest absolute Gasteiger partial charge is 0.349 e. The molecule has 1 amide bonds. The van der Waals surface area contributed by atoms with Crippen molar-refractivity contribution >= 4 is 33.3 Å². The second kappa shape index (κ2) is 6.76. The van der Waals surface area contributed by atoms with E-state index in [1.807, 2.05) is 0 Å². The van der Waals surface area contributed by atoms with Crippen LogP contribution in [0.4, 0.5) is 0 Å². The summed E-state index contributed by atoms with van der Waals surface area (Å²) in [6.45, 7) is 1.78. The van der Waals surface area contributed by atoms with Crippen molar-refractivity contribution in [1.82, 2.24) is 10.0 Å². The highest BCUT2D eigenvalue weighted by atomic mass is 35.5. The van der Waals surface area contributed by atoms with Gasteiger partial charge in [-0.2, -0.15) is 0 Å². The summed E-state index contributed by atoms with van der Waals surface area (Å²) in [5.74, 6) is -1.16. The summed E-state index contributed by atoms with van der Waals surface area (Å²) in [6.07, 6.45) is 2.09. The predicted octanol–water partition coefficient (Wildman–Crippen LogP) is 1.10. The lowest BCUT2D eigenvalue weighted by molar-refractivity contribution is -0.138. The number of rotatable bonds is 7. The van der Waals surface area contributed by atoms with Crippen molar-refractivity contribution < 1.29 is 18.0 Å². The van der Waals surface area contributed by atoms with Gasteiger partial charge in [0.15, 0.2) is 0 Å². The molecule has 0 heterocycles. The van der Waals surface area contributed by atoms with Crippen molar-refractivity contribution in [3.63, 3.8) is 0 Å². The normalized spacial score (nSPS) is 16.1. The molecule has 8 heteroatoms. The number of hydrogen-bond donors (Lipinski definition) is 2. The van der Waals surface area contributed by atoms with Crippen LogP contribution in [0.2, 0.25) is 5.02 Å². The van der Waals surface area contributed by atoms with Crippen LogP contribution < -0.4 is 10.0 Å². The number of ketones is 1. The summed E-state index contributed by atoms with van der Waals surface area (Å²) in [4.78, 5) is 23.5. The number of Topliss-reactive ketones (excluding diaryl/α,β-unsaturated/α-hetero) is 1. The quantitative estimate of drug-likeness (QED) is 0.724. The first kappa shape index (κ1) is 16.9. The molecule has 1 aliphatic rings. The fourth-order valence-electron chi connectivity index (χ4n) is 1.86. The first-order valence-electron chi connectivity index (χ1n) is 6.90. The van der Waals surface area contributed by atoms with Gasteiger partial charge in [-0.1, -0.05) is 23.7 Å². The molecule has 1 aromatic carbocycles. The maximum Gasteiger partial charge on any atom is 0.289 e. The Morgan fingerprint density at radius 1 is 1.32 bits per heavy atom. The summed E-state index contributed by atoms with van der Waals surface area (Å²) in [6, 6.07) is 4.72. The van der Waals surface area contributed by atoms with Crippen LogP contribution in [-0.4, -0.2) is 32.7 Å². The molecule has 0 bridgehead atoms. The molecule has 1 saturated carbocycles. The molecule has 2 rings (SSSR count). The van der Waals surface area contributed by atoms with Crippen molar-refractivity contribution in [2.45, 2.75) is 30.7 Å². The molecule has 0 saturated heterocycles. The summed E-state index contributed by atoms with van der Waals surface area (Å²) in [5, 5.41) is 2.56. The third kappa shape index (κ3) is 4.28. The third-order valence-corrected chi connectivity index (χ3v) is 5.36. The maximum atomic E-state index is 12.2. The maximum absolute atomic E-state index is 12.2. The summed E-state index contributed by atoms with van der Waals surface area (Å²) in [5.41, 5.74) is 0. The molecule has 120 valence electrons. The minimum atomic E-state index is -3.97. The molecule has 0 aliphatic heterocycles. The highest BCUT2D eigenvalue weighted by molar-refractivity contribution is 7.89. The molecule has 1 aromatic rings. The second-order valence-corrected chi connectivity index (χ2v) is 7.38. The van der Waals surface area contributed by atoms with E-state index in [0.29, 0.717) is 12.5 Å². The highest BCUT2D eigenvalue weighted by Gasteiger charge is 2.29. The Bertz CT molecular complexity index is 686. The van der Waals surface area contributed by atoms with Gasteiger partial charge in [0.2, 0.25) is 15.8 Å². The van der Waals surface area contributed by atoms with Gasteiger partial charge in [0, 0.05) is 6.54 Å². The fraction of sp³-hybridized carbons (Fsp3) is 0.429. The zero-order valence-electron chi connectivity index (χ0n) is 12.0. The Labute approximate surface area is 134 Å². The van der Waals surface area contributed by atoms with Crippen LogP contribution in [0, 0.1) is 5.92 Å². The van der Waals surface area contributed by atoms with Gasteiger partial charge in [0.1, 0.15) is 4.90 Å². The van der Waals surface area contributed by atoms with Crippen molar-refractivity contribution in [3.05, 3.63) is 29.3 Å². The standard InChI is InChI=1S/C14H17ClN2O4S/c1-9(13(18)14(19)16-8-10-6-7-10)17-22(20,21)12-5-3-2-4-11(12)15/h2-5,9-10,17H,6-8H2,1H3,(H,16,19). The molecule has 0 radical (unpaired) electrons. The van der Waals surface area contributed by atoms with E-state index in [0.717, 1.165) is 12.8 Å². The minimum absolute atomic E-state index is 0.0489. The molecule has 22 heavy (non-hydrogen) atoms. The summed E-state index contributed by atoms with van der Waals surface area (Å²) in [7, 11) is -3.97. The van der Waals surface area contributed by atoms with Crippen LogP contribution in [0.3, 0.4) is 0 Å². The molecule has 1 fully saturated rings. The van der Waals surface area contributed by atoms with Crippen molar-refractivity contribution in [1.29, 1.82) is 0 Å². The Kier molecular flexibility index (Phi) is 5.20. The summed E-state index contributed by atoms with van der Waals surface area (Å²) >= 11 is 5.84. The van der Waals surface area contributed by atoms with E-state index in [9.17, 15) is 18.0 Å². The van der Waals surface area contributed by atoms with E-state index in [-0.39, 0.29) is 9.92 Å². The predicted molar refractivity (Wildman–Crippen MR) is 82.0 cm³/mol. The molecule has 1 aliphatic carbocycles. The lowest BCUT2D eigenvalue weighted by Crippen LogP contribution is -2.46. The van der Waals surface area contributed by atoms with E-state index >= 15 is 0 Å². The number of benzene rings is 1. The highest BCUT2D eigenvalue weighted by Crippen LogP contribution is 2.27. The van der Waals surface area contributed by atoms with Crippen molar-refractivity contribution in [2.24, 2.45) is 5.92 Å². The van der Waals surface area contributed by atoms with Gasteiger partial charge in [0.25, 0.3) is 5.91 Å². The van der Waals surface area contributed by atoms with Gasteiger partial charge in [-0.3, -0.25) is 9.59 Å². The van der Waals surface area contributed by atoms with Crippen LogP contribution >= 0.6 is 11.6 Å². The number of amides is 1. The van der Waals surface area contributed by atoms with Crippen molar-refractivity contribution in [2.75, 3.05) is 6.54 Å². The van der Waals surface area contributed by atoms with Crippen LogP contribution in [0.5, 0.6) is 0 Å². The van der Waals surface area contributed by atoms with Gasteiger partial charge in [-0.15, -0.1) is 0 Å². The van der Waals surface area contributed by atoms with Gasteiger partial charge in [-0.05, 0) is 37.8 Å². The van der Waals surface area contributed by atoms with E-state index in [4.69, 9.17) is 11.6 Å². The zero-order valence-corrected chi connectivity index (χ0v) is 13.6. The third-order valence-electron chi connectivity index (χ3n) is 3.32. The first-order chi connectivity index (χ1) is 10.3. The number of nitrogens with one attached hydrogen (secondary N) is 2. The van der Waals surface area contributed by atoms with Crippen LogP contribution in [-0.2, 0) is 19.6 Å². The minimum Gasteiger partial charge on any atom is -0.349 e. The molecule has 0 spiro atoms. The molecule has 1 atom stereocenters. The van der Waals surface area contributed by atoms with Gasteiger partial charge in [0.05, 0.1) is 11.1 Å². The average molecular weight is 345 g/mol. The fourth-order valence-corrected chi connectivity index (χ4v) is 3.58. The molecular formula is C14H17ClN2O4S. The monoisotopic (exact) mass is 344 g/mol. The smallest absolute Gasteiger partial charge is 0.289 e. The number of carbonyl (C=O) groups excluding carboxylic acids is 2. The number of sulfonamides is 1. The molecule has 0 aromatic heterocycles. The topological polar surface area (TPSA) is 92.3 Å². The van der Waals surface area contributed by atoms with Gasteiger partial charge in [-0.25, -0.2) is 13.1 Å². The van der Waals surface area contributed by atoms with Crippen LogP contribution in [0.15, 0.2) is 29.2 Å². The number of hydrogen-bond acceptors (Lipinski definition) is 4. The number of halogens is 1. The van der Waals surface area contributed by atoms with Gasteiger partial charge < -0.3 is 5.32 Å². The Morgan fingerprint density at radius 2 is 1.95 bits per heavy atom. The zero-order chi connectivity index (χ0) is 16.3. The van der Waals surface area contributed by atoms with E-state index in [1.54, 1.807) is 6.07 Å². The lowest BCUT2D eigenvalue weighted by Gasteiger charge is -2.14. The average Bonchev–Trinajstić information content (AvgIpc) is 3.27. The Morgan fingerprint density at radius 3 is 2.55 bits per heavy atom. The molecular weight excluding hydrogens is 328 g/mol. The van der Waals surface area contributed by atoms with E-state index in [1.165, 1.54) is 25.1 Å².